The summed E-state index contributed by atoms with van der Waals surface area (Å²) in [4.78, 5) is 23.9. The number of carbonyl (C=O) groups is 1. The molecule has 1 aromatic heterocycles. The summed E-state index contributed by atoms with van der Waals surface area (Å²) in [6.07, 6.45) is 0. The molecule has 0 fully saturated rings. The molecule has 5 nitrogen and oxygen atoms in total. The van der Waals surface area contributed by atoms with Crippen LogP contribution in [0.3, 0.4) is 0 Å². The lowest BCUT2D eigenvalue weighted by molar-refractivity contribution is 0.0968. The molecule has 1 aromatic carbocycles. The first kappa shape index (κ1) is 12.5. The van der Waals surface area contributed by atoms with Gasteiger partial charge in [-0.25, -0.2) is 4.79 Å². The molecular formula is C13H14N2O3. The van der Waals surface area contributed by atoms with Gasteiger partial charge in [-0.1, -0.05) is 18.2 Å². The minimum atomic E-state index is -0.694. The van der Waals surface area contributed by atoms with E-state index in [-0.39, 0.29) is 23.5 Å². The van der Waals surface area contributed by atoms with Gasteiger partial charge >= 0.3 is 5.63 Å². The van der Waals surface area contributed by atoms with Gasteiger partial charge in [-0.05, 0) is 13.0 Å². The van der Waals surface area contributed by atoms with E-state index in [1.165, 1.54) is 0 Å². The second kappa shape index (κ2) is 4.72. The van der Waals surface area contributed by atoms with E-state index in [1.807, 2.05) is 0 Å². The Morgan fingerprint density at radius 1 is 1.39 bits per heavy atom. The summed E-state index contributed by atoms with van der Waals surface area (Å²) in [6.45, 7) is 1.52. The number of benzene rings is 1. The molecule has 0 saturated heterocycles. The van der Waals surface area contributed by atoms with Gasteiger partial charge in [-0.3, -0.25) is 4.79 Å². The largest absolute Gasteiger partial charge is 0.422 e. The second-order valence-corrected chi connectivity index (χ2v) is 4.10. The van der Waals surface area contributed by atoms with Crippen molar-refractivity contribution in [2.24, 2.45) is 11.5 Å². The second-order valence-electron chi connectivity index (χ2n) is 4.10. The average Bonchev–Trinajstić information content (AvgIpc) is 2.36. The topological polar surface area (TPSA) is 99.3 Å². The van der Waals surface area contributed by atoms with Gasteiger partial charge in [-0.2, -0.15) is 0 Å². The number of hydrogen-bond donors (Lipinski definition) is 2. The molecule has 0 aliphatic heterocycles. The Labute approximate surface area is 103 Å². The van der Waals surface area contributed by atoms with Crippen molar-refractivity contribution in [1.82, 2.24) is 0 Å². The van der Waals surface area contributed by atoms with Gasteiger partial charge in [0.2, 0.25) is 0 Å². The van der Waals surface area contributed by atoms with Crippen molar-refractivity contribution in [3.63, 3.8) is 0 Å². The highest BCUT2D eigenvalue weighted by Gasteiger charge is 2.21. The molecule has 2 rings (SSSR count). The number of hydrogen-bond acceptors (Lipinski definition) is 5. The van der Waals surface area contributed by atoms with E-state index < -0.39 is 11.7 Å². The van der Waals surface area contributed by atoms with E-state index in [0.29, 0.717) is 11.0 Å². The van der Waals surface area contributed by atoms with Crippen molar-refractivity contribution >= 4 is 16.8 Å². The normalized spacial score (nSPS) is 12.6. The summed E-state index contributed by atoms with van der Waals surface area (Å²) >= 11 is 0. The molecule has 0 saturated carbocycles. The minimum absolute atomic E-state index is 0.0546. The lowest BCUT2D eigenvalue weighted by atomic mass is 9.97. The van der Waals surface area contributed by atoms with Crippen LogP contribution in [0.5, 0.6) is 0 Å². The van der Waals surface area contributed by atoms with Crippen LogP contribution in [0, 0.1) is 0 Å². The fourth-order valence-corrected chi connectivity index (χ4v) is 1.88. The zero-order valence-electron chi connectivity index (χ0n) is 9.97. The van der Waals surface area contributed by atoms with E-state index in [9.17, 15) is 9.59 Å². The van der Waals surface area contributed by atoms with Crippen molar-refractivity contribution in [2.45, 2.75) is 19.5 Å². The standard InChI is InChI=1S/C13H14N2O3/c1-7(15)12(16)11-8-4-2-3-5-10(8)18-13(17)9(11)6-14/h2-5,7H,6,14-15H2,1H3/t7-/m0/s1. The number of para-hydroxylation sites is 1. The van der Waals surface area contributed by atoms with Crippen molar-refractivity contribution in [3.05, 3.63) is 45.8 Å². The Balaban J connectivity index is 2.89. The lowest BCUT2D eigenvalue weighted by Gasteiger charge is -2.11. The van der Waals surface area contributed by atoms with E-state index in [4.69, 9.17) is 15.9 Å². The molecule has 1 heterocycles. The average molecular weight is 246 g/mol. The van der Waals surface area contributed by atoms with Gasteiger partial charge in [0.1, 0.15) is 5.58 Å². The summed E-state index contributed by atoms with van der Waals surface area (Å²) in [6, 6.07) is 6.15. The molecule has 0 aliphatic carbocycles. The number of Topliss-reactive ketones (excluding diaryl/α,β-unsaturated/α-hetero) is 1. The van der Waals surface area contributed by atoms with E-state index in [1.54, 1.807) is 31.2 Å². The van der Waals surface area contributed by atoms with Gasteiger partial charge in [0.15, 0.2) is 5.78 Å². The number of nitrogens with two attached hydrogens (primary N) is 2. The third kappa shape index (κ3) is 1.94. The van der Waals surface area contributed by atoms with Gasteiger partial charge in [0.25, 0.3) is 0 Å². The third-order valence-corrected chi connectivity index (χ3v) is 2.77. The highest BCUT2D eigenvalue weighted by Crippen LogP contribution is 2.21. The highest BCUT2D eigenvalue weighted by atomic mass is 16.4. The van der Waals surface area contributed by atoms with Crippen LogP contribution in [0.1, 0.15) is 22.8 Å². The molecule has 0 aliphatic rings. The maximum Gasteiger partial charge on any atom is 0.341 e. The van der Waals surface area contributed by atoms with Gasteiger partial charge < -0.3 is 15.9 Å². The first-order valence-electron chi connectivity index (χ1n) is 5.61. The van der Waals surface area contributed by atoms with Crippen LogP contribution in [-0.2, 0) is 6.54 Å². The van der Waals surface area contributed by atoms with Crippen LogP contribution < -0.4 is 17.1 Å². The first-order chi connectivity index (χ1) is 8.56. The number of carbonyl (C=O) groups excluding carboxylic acids is 1. The zero-order chi connectivity index (χ0) is 13.3. The molecule has 18 heavy (non-hydrogen) atoms. The minimum Gasteiger partial charge on any atom is -0.422 e. The molecule has 1 atom stereocenters. The van der Waals surface area contributed by atoms with Gasteiger partial charge in [0, 0.05) is 17.5 Å². The van der Waals surface area contributed by atoms with Crippen LogP contribution in [0.25, 0.3) is 11.0 Å². The van der Waals surface area contributed by atoms with Crippen LogP contribution >= 0.6 is 0 Å². The molecule has 2 aromatic rings. The summed E-state index contributed by atoms with van der Waals surface area (Å²) in [5, 5.41) is 0.569. The highest BCUT2D eigenvalue weighted by molar-refractivity contribution is 6.10. The molecule has 0 radical (unpaired) electrons. The maximum absolute atomic E-state index is 12.1. The predicted octanol–water partition coefficient (Wildman–Crippen LogP) is 0.782. The molecular weight excluding hydrogens is 232 g/mol. The Kier molecular flexibility index (Phi) is 3.27. The SMILES string of the molecule is C[C@H](N)C(=O)c1c(CN)c(=O)oc2ccccc12. The quantitative estimate of drug-likeness (QED) is 0.616. The Morgan fingerprint density at radius 2 is 2.06 bits per heavy atom. The fraction of sp³-hybridized carbons (Fsp3) is 0.231. The van der Waals surface area contributed by atoms with E-state index in [2.05, 4.69) is 0 Å². The van der Waals surface area contributed by atoms with Crippen molar-refractivity contribution in [1.29, 1.82) is 0 Å². The lowest BCUT2D eigenvalue weighted by Crippen LogP contribution is -2.30. The fourth-order valence-electron chi connectivity index (χ4n) is 1.88. The van der Waals surface area contributed by atoms with Crippen molar-refractivity contribution in [3.8, 4) is 0 Å². The summed E-state index contributed by atoms with van der Waals surface area (Å²) in [5.41, 5.74) is 11.4. The Bertz CT molecular complexity index is 659. The Morgan fingerprint density at radius 3 is 2.67 bits per heavy atom. The van der Waals surface area contributed by atoms with E-state index in [0.717, 1.165) is 0 Å². The van der Waals surface area contributed by atoms with Crippen LogP contribution in [0.4, 0.5) is 0 Å². The number of fused-ring (bicyclic) bond motifs is 1. The molecule has 4 N–H and O–H groups in total. The van der Waals surface area contributed by atoms with Gasteiger partial charge in [0.05, 0.1) is 11.6 Å². The molecule has 0 spiro atoms. The summed E-state index contributed by atoms with van der Waals surface area (Å²) in [7, 11) is 0. The van der Waals surface area contributed by atoms with E-state index >= 15 is 0 Å². The van der Waals surface area contributed by atoms with Crippen LogP contribution in [-0.4, -0.2) is 11.8 Å². The van der Waals surface area contributed by atoms with Crippen molar-refractivity contribution in [2.75, 3.05) is 0 Å². The molecule has 5 heteroatoms. The third-order valence-electron chi connectivity index (χ3n) is 2.77. The molecule has 0 bridgehead atoms. The van der Waals surface area contributed by atoms with Crippen LogP contribution in [0.15, 0.2) is 33.5 Å². The smallest absolute Gasteiger partial charge is 0.341 e. The molecule has 0 unspecified atom stereocenters. The summed E-state index contributed by atoms with van der Waals surface area (Å²) in [5.74, 6) is -0.306. The zero-order valence-corrected chi connectivity index (χ0v) is 9.97. The Hall–Kier alpha value is -1.98. The number of ketones is 1. The molecule has 94 valence electrons. The van der Waals surface area contributed by atoms with Crippen LogP contribution in [0.2, 0.25) is 0 Å². The van der Waals surface area contributed by atoms with Crippen molar-refractivity contribution < 1.29 is 9.21 Å². The maximum atomic E-state index is 12.1. The van der Waals surface area contributed by atoms with Gasteiger partial charge in [-0.15, -0.1) is 0 Å². The summed E-state index contributed by atoms with van der Waals surface area (Å²) < 4.78 is 5.13. The molecule has 0 amide bonds. The monoisotopic (exact) mass is 246 g/mol. The number of rotatable bonds is 3. The first-order valence-corrected chi connectivity index (χ1v) is 5.61. The predicted molar refractivity (Wildman–Crippen MR) is 68.4 cm³/mol.